The fourth-order valence-electron chi connectivity index (χ4n) is 1.21. The van der Waals surface area contributed by atoms with E-state index in [0.717, 1.165) is 12.3 Å². The van der Waals surface area contributed by atoms with Crippen LogP contribution in [-0.4, -0.2) is 30.5 Å². The van der Waals surface area contributed by atoms with Crippen LogP contribution in [0.4, 0.5) is 0 Å². The number of hydrogen-bond donors (Lipinski definition) is 2. The van der Waals surface area contributed by atoms with Crippen molar-refractivity contribution in [3.8, 4) is 0 Å². The molecule has 3 nitrogen and oxygen atoms in total. The van der Waals surface area contributed by atoms with Crippen molar-refractivity contribution in [2.45, 2.75) is 40.2 Å². The summed E-state index contributed by atoms with van der Waals surface area (Å²) in [7, 11) is 0. The second-order valence-corrected chi connectivity index (χ2v) is 6.45. The SMILES string of the molecule is CSCC(C)CNC(=O)CC(N)C(C)(C)C. The Balaban J connectivity index is 3.83. The Morgan fingerprint density at radius 3 is 2.44 bits per heavy atom. The third kappa shape index (κ3) is 7.12. The molecule has 0 aliphatic carbocycles. The Bertz CT molecular complexity index is 214. The first-order chi connectivity index (χ1) is 7.27. The first kappa shape index (κ1) is 15.8. The van der Waals surface area contributed by atoms with Crippen molar-refractivity contribution < 1.29 is 4.79 Å². The molecule has 16 heavy (non-hydrogen) atoms. The van der Waals surface area contributed by atoms with Gasteiger partial charge in [0.25, 0.3) is 0 Å². The van der Waals surface area contributed by atoms with Crippen LogP contribution in [0.3, 0.4) is 0 Å². The maximum absolute atomic E-state index is 11.6. The van der Waals surface area contributed by atoms with Crippen LogP contribution < -0.4 is 11.1 Å². The summed E-state index contributed by atoms with van der Waals surface area (Å²) in [5, 5.41) is 2.94. The average molecular weight is 246 g/mol. The van der Waals surface area contributed by atoms with Crippen LogP contribution >= 0.6 is 11.8 Å². The molecule has 3 N–H and O–H groups in total. The van der Waals surface area contributed by atoms with Crippen molar-refractivity contribution >= 4 is 17.7 Å². The lowest BCUT2D eigenvalue weighted by Crippen LogP contribution is -2.41. The fraction of sp³-hybridized carbons (Fsp3) is 0.917. The van der Waals surface area contributed by atoms with Gasteiger partial charge in [0.1, 0.15) is 0 Å². The Morgan fingerprint density at radius 2 is 2.00 bits per heavy atom. The summed E-state index contributed by atoms with van der Waals surface area (Å²) in [6.45, 7) is 9.06. The van der Waals surface area contributed by atoms with E-state index in [-0.39, 0.29) is 17.4 Å². The highest BCUT2D eigenvalue weighted by molar-refractivity contribution is 7.98. The molecule has 0 fully saturated rings. The largest absolute Gasteiger partial charge is 0.356 e. The molecule has 4 heteroatoms. The van der Waals surface area contributed by atoms with E-state index in [4.69, 9.17) is 5.73 Å². The number of thioether (sulfide) groups is 1. The predicted molar refractivity (Wildman–Crippen MR) is 72.6 cm³/mol. The zero-order valence-corrected chi connectivity index (χ0v) is 12.0. The molecule has 0 heterocycles. The topological polar surface area (TPSA) is 55.1 Å². The summed E-state index contributed by atoms with van der Waals surface area (Å²) in [5.41, 5.74) is 5.94. The van der Waals surface area contributed by atoms with E-state index in [9.17, 15) is 4.79 Å². The lowest BCUT2D eigenvalue weighted by Gasteiger charge is -2.26. The zero-order chi connectivity index (χ0) is 12.8. The summed E-state index contributed by atoms with van der Waals surface area (Å²) >= 11 is 1.80. The van der Waals surface area contributed by atoms with Crippen molar-refractivity contribution in [1.29, 1.82) is 0 Å². The number of nitrogens with one attached hydrogen (secondary N) is 1. The van der Waals surface area contributed by atoms with E-state index in [1.165, 1.54) is 0 Å². The minimum atomic E-state index is -0.0802. The minimum absolute atomic E-state index is 0.0117. The van der Waals surface area contributed by atoms with E-state index < -0.39 is 0 Å². The number of rotatable bonds is 6. The molecule has 2 unspecified atom stereocenters. The second kappa shape index (κ2) is 7.17. The molecule has 0 radical (unpaired) electrons. The molecule has 1 amide bonds. The van der Waals surface area contributed by atoms with Crippen LogP contribution in [-0.2, 0) is 4.79 Å². The first-order valence-corrected chi connectivity index (χ1v) is 7.18. The molecule has 2 atom stereocenters. The van der Waals surface area contributed by atoms with Gasteiger partial charge in [-0.1, -0.05) is 27.7 Å². The Hall–Kier alpha value is -0.220. The fourth-order valence-corrected chi connectivity index (χ4v) is 1.90. The molecule has 0 saturated heterocycles. The standard InChI is InChI=1S/C12H26N2OS/c1-9(8-16-5)7-14-11(15)6-10(13)12(2,3)4/h9-10H,6-8,13H2,1-5H3,(H,14,15). The zero-order valence-electron chi connectivity index (χ0n) is 11.2. The summed E-state index contributed by atoms with van der Waals surface area (Å²) in [6, 6.07) is -0.0802. The number of nitrogens with two attached hydrogens (primary N) is 1. The normalized spacial score (nSPS) is 15.6. The predicted octanol–water partition coefficient (Wildman–Crippen LogP) is 1.87. The van der Waals surface area contributed by atoms with Gasteiger partial charge in [0.05, 0.1) is 0 Å². The van der Waals surface area contributed by atoms with Gasteiger partial charge in [-0.05, 0) is 23.3 Å². The third-order valence-corrected chi connectivity index (χ3v) is 3.52. The van der Waals surface area contributed by atoms with Gasteiger partial charge in [0.15, 0.2) is 0 Å². The average Bonchev–Trinajstić information content (AvgIpc) is 2.13. The molecule has 0 aromatic carbocycles. The first-order valence-electron chi connectivity index (χ1n) is 5.78. The van der Waals surface area contributed by atoms with Gasteiger partial charge in [0, 0.05) is 19.0 Å². The maximum Gasteiger partial charge on any atom is 0.221 e. The van der Waals surface area contributed by atoms with Crippen LogP contribution in [0.25, 0.3) is 0 Å². The van der Waals surface area contributed by atoms with Crippen molar-refractivity contribution in [3.05, 3.63) is 0 Å². The van der Waals surface area contributed by atoms with Gasteiger partial charge in [-0.25, -0.2) is 0 Å². The summed E-state index contributed by atoms with van der Waals surface area (Å²) in [5.74, 6) is 1.66. The van der Waals surface area contributed by atoms with Crippen molar-refractivity contribution in [1.82, 2.24) is 5.32 Å². The maximum atomic E-state index is 11.6. The molecule has 96 valence electrons. The molecule has 0 aromatic heterocycles. The Morgan fingerprint density at radius 1 is 1.44 bits per heavy atom. The number of carbonyl (C=O) groups excluding carboxylic acids is 1. The van der Waals surface area contributed by atoms with E-state index in [2.05, 4.69) is 39.3 Å². The molecular weight excluding hydrogens is 220 g/mol. The minimum Gasteiger partial charge on any atom is -0.356 e. The van der Waals surface area contributed by atoms with E-state index >= 15 is 0 Å². The Labute approximate surface area is 104 Å². The smallest absolute Gasteiger partial charge is 0.221 e. The molecule has 0 aliphatic rings. The van der Waals surface area contributed by atoms with Gasteiger partial charge >= 0.3 is 0 Å². The monoisotopic (exact) mass is 246 g/mol. The molecule has 0 aromatic rings. The van der Waals surface area contributed by atoms with Crippen molar-refractivity contribution in [2.24, 2.45) is 17.1 Å². The van der Waals surface area contributed by atoms with E-state index in [1.54, 1.807) is 11.8 Å². The number of carbonyl (C=O) groups is 1. The van der Waals surface area contributed by atoms with Gasteiger partial charge in [-0.15, -0.1) is 0 Å². The molecule has 0 spiro atoms. The lowest BCUT2D eigenvalue weighted by molar-refractivity contribution is -0.122. The molecular formula is C12H26N2OS. The van der Waals surface area contributed by atoms with Crippen LogP contribution in [0.15, 0.2) is 0 Å². The van der Waals surface area contributed by atoms with Crippen molar-refractivity contribution in [3.63, 3.8) is 0 Å². The number of hydrogen-bond acceptors (Lipinski definition) is 3. The number of amides is 1. The molecule has 0 aliphatic heterocycles. The lowest BCUT2D eigenvalue weighted by atomic mass is 9.85. The highest BCUT2D eigenvalue weighted by Crippen LogP contribution is 2.19. The van der Waals surface area contributed by atoms with Crippen molar-refractivity contribution in [2.75, 3.05) is 18.6 Å². The molecule has 0 saturated carbocycles. The highest BCUT2D eigenvalue weighted by Gasteiger charge is 2.23. The summed E-state index contributed by atoms with van der Waals surface area (Å²) in [4.78, 5) is 11.6. The molecule has 0 rings (SSSR count). The Kier molecular flexibility index (Phi) is 7.07. The van der Waals surface area contributed by atoms with Gasteiger partial charge in [-0.3, -0.25) is 4.79 Å². The van der Waals surface area contributed by atoms with E-state index in [1.807, 2.05) is 0 Å². The molecule has 0 bridgehead atoms. The summed E-state index contributed by atoms with van der Waals surface area (Å²) < 4.78 is 0. The van der Waals surface area contributed by atoms with E-state index in [0.29, 0.717) is 12.3 Å². The summed E-state index contributed by atoms with van der Waals surface area (Å²) in [6.07, 6.45) is 2.49. The van der Waals surface area contributed by atoms with Crippen LogP contribution in [0.5, 0.6) is 0 Å². The highest BCUT2D eigenvalue weighted by atomic mass is 32.2. The second-order valence-electron chi connectivity index (χ2n) is 5.54. The van der Waals surface area contributed by atoms with Gasteiger partial charge in [0.2, 0.25) is 5.91 Å². The van der Waals surface area contributed by atoms with Gasteiger partial charge in [-0.2, -0.15) is 11.8 Å². The van der Waals surface area contributed by atoms with Crippen LogP contribution in [0, 0.1) is 11.3 Å². The third-order valence-electron chi connectivity index (χ3n) is 2.62. The van der Waals surface area contributed by atoms with Gasteiger partial charge < -0.3 is 11.1 Å². The van der Waals surface area contributed by atoms with Crippen LogP contribution in [0.1, 0.15) is 34.1 Å². The quantitative estimate of drug-likeness (QED) is 0.752. The van der Waals surface area contributed by atoms with Crippen LogP contribution in [0.2, 0.25) is 0 Å².